The van der Waals surface area contributed by atoms with Gasteiger partial charge in [-0.05, 0) is 31.2 Å². The number of carbonyl (C=O) groups is 1. The number of aromatic nitrogens is 1. The summed E-state index contributed by atoms with van der Waals surface area (Å²) in [6.07, 6.45) is 1.38. The lowest BCUT2D eigenvalue weighted by Gasteiger charge is -2.07. The molecule has 4 nitrogen and oxygen atoms in total. The van der Waals surface area contributed by atoms with Gasteiger partial charge in [-0.2, -0.15) is 0 Å². The van der Waals surface area contributed by atoms with E-state index in [2.05, 4.69) is 10.3 Å². The second-order valence-electron chi connectivity index (χ2n) is 3.94. The Bertz CT molecular complexity index is 595. The normalized spacial score (nSPS) is 10.2. The summed E-state index contributed by atoms with van der Waals surface area (Å²) in [6.45, 7) is 1.97. The monoisotopic (exact) mass is 278 g/mol. The molecule has 0 aliphatic rings. The predicted molar refractivity (Wildman–Crippen MR) is 69.8 cm³/mol. The fourth-order valence-electron chi connectivity index (χ4n) is 1.59. The quantitative estimate of drug-likeness (QED) is 0.872. The molecule has 0 saturated heterocycles. The summed E-state index contributed by atoms with van der Waals surface area (Å²) in [5, 5.41) is 2.79. The number of benzene rings is 1. The minimum Gasteiger partial charge on any atom is -0.461 e. The van der Waals surface area contributed by atoms with Crippen LogP contribution in [-0.2, 0) is 4.74 Å². The van der Waals surface area contributed by atoms with E-state index >= 15 is 0 Å². The minimum atomic E-state index is -0.677. The van der Waals surface area contributed by atoms with Gasteiger partial charge in [0.1, 0.15) is 17.3 Å². The minimum absolute atomic E-state index is 0.169. The van der Waals surface area contributed by atoms with Gasteiger partial charge >= 0.3 is 5.97 Å². The van der Waals surface area contributed by atoms with E-state index in [0.29, 0.717) is 5.69 Å². The van der Waals surface area contributed by atoms with Crippen LogP contribution in [0.5, 0.6) is 0 Å². The van der Waals surface area contributed by atoms with Crippen LogP contribution in [0.1, 0.15) is 17.4 Å². The topological polar surface area (TPSA) is 51.2 Å². The standard InChI is InChI=1S/C14H12F2N2O2/c1-2-20-14(19)13-4-3-11(8-17-13)18-12-6-9(15)5-10(16)7-12/h3-8,18H,2H2,1H3. The summed E-state index contributed by atoms with van der Waals surface area (Å²) in [6, 6.07) is 6.13. The van der Waals surface area contributed by atoms with E-state index in [1.54, 1.807) is 13.0 Å². The largest absolute Gasteiger partial charge is 0.461 e. The smallest absolute Gasteiger partial charge is 0.356 e. The van der Waals surface area contributed by atoms with Crippen LogP contribution in [-0.4, -0.2) is 17.6 Å². The fraction of sp³-hybridized carbons (Fsp3) is 0.143. The summed E-state index contributed by atoms with van der Waals surface area (Å²) in [5.41, 5.74) is 0.930. The van der Waals surface area contributed by atoms with Crippen LogP contribution < -0.4 is 5.32 Å². The van der Waals surface area contributed by atoms with Crippen LogP contribution in [0, 0.1) is 11.6 Å². The molecule has 6 heteroatoms. The first-order valence-electron chi connectivity index (χ1n) is 5.95. The Morgan fingerprint density at radius 2 is 1.90 bits per heavy atom. The van der Waals surface area contributed by atoms with Crippen molar-refractivity contribution in [3.8, 4) is 0 Å². The van der Waals surface area contributed by atoms with Gasteiger partial charge in [0.05, 0.1) is 18.5 Å². The molecule has 0 aliphatic carbocycles. The van der Waals surface area contributed by atoms with Crippen LogP contribution in [0.25, 0.3) is 0 Å². The first kappa shape index (κ1) is 13.9. The number of halogens is 2. The number of carbonyl (C=O) groups excluding carboxylic acids is 1. The molecule has 0 amide bonds. The van der Waals surface area contributed by atoms with E-state index in [-0.39, 0.29) is 18.0 Å². The highest BCUT2D eigenvalue weighted by Crippen LogP contribution is 2.18. The Morgan fingerprint density at radius 3 is 2.45 bits per heavy atom. The first-order chi connectivity index (χ1) is 9.58. The van der Waals surface area contributed by atoms with Crippen molar-refractivity contribution in [3.05, 3.63) is 53.9 Å². The molecule has 20 heavy (non-hydrogen) atoms. The summed E-state index contributed by atoms with van der Waals surface area (Å²) >= 11 is 0. The lowest BCUT2D eigenvalue weighted by atomic mass is 10.2. The zero-order chi connectivity index (χ0) is 14.5. The zero-order valence-corrected chi connectivity index (χ0v) is 10.7. The average Bonchev–Trinajstić information content (AvgIpc) is 2.38. The van der Waals surface area contributed by atoms with Gasteiger partial charge in [-0.1, -0.05) is 0 Å². The van der Waals surface area contributed by atoms with Crippen molar-refractivity contribution in [1.29, 1.82) is 0 Å². The van der Waals surface area contributed by atoms with Crippen LogP contribution in [0.3, 0.4) is 0 Å². The van der Waals surface area contributed by atoms with E-state index in [1.807, 2.05) is 0 Å². The van der Waals surface area contributed by atoms with Gasteiger partial charge < -0.3 is 10.1 Å². The molecule has 0 radical (unpaired) electrons. The van der Waals surface area contributed by atoms with Crippen molar-refractivity contribution in [2.24, 2.45) is 0 Å². The second-order valence-corrected chi connectivity index (χ2v) is 3.94. The molecule has 0 fully saturated rings. The van der Waals surface area contributed by atoms with Gasteiger partial charge in [0, 0.05) is 11.8 Å². The number of rotatable bonds is 4. The van der Waals surface area contributed by atoms with Gasteiger partial charge in [0.15, 0.2) is 0 Å². The highest BCUT2D eigenvalue weighted by Gasteiger charge is 2.08. The van der Waals surface area contributed by atoms with E-state index in [1.165, 1.54) is 12.3 Å². The molecule has 0 bridgehead atoms. The van der Waals surface area contributed by atoms with Crippen LogP contribution >= 0.6 is 0 Å². The fourth-order valence-corrected chi connectivity index (χ4v) is 1.59. The molecule has 0 spiro atoms. The Balaban J connectivity index is 2.12. The third-order valence-electron chi connectivity index (χ3n) is 2.40. The molecule has 2 aromatic rings. The van der Waals surface area contributed by atoms with Gasteiger partial charge in [0.25, 0.3) is 0 Å². The van der Waals surface area contributed by atoms with Gasteiger partial charge in [-0.15, -0.1) is 0 Å². The number of hydrogen-bond donors (Lipinski definition) is 1. The Morgan fingerprint density at radius 1 is 1.20 bits per heavy atom. The Kier molecular flexibility index (Phi) is 4.24. The molecular weight excluding hydrogens is 266 g/mol. The molecule has 1 heterocycles. The van der Waals surface area contributed by atoms with Crippen molar-refractivity contribution in [3.63, 3.8) is 0 Å². The SMILES string of the molecule is CCOC(=O)c1ccc(Nc2cc(F)cc(F)c2)cn1. The van der Waals surface area contributed by atoms with E-state index in [9.17, 15) is 13.6 Å². The number of anilines is 2. The molecule has 1 aromatic carbocycles. The molecular formula is C14H12F2N2O2. The number of ether oxygens (including phenoxy) is 1. The first-order valence-corrected chi connectivity index (χ1v) is 5.95. The van der Waals surface area contributed by atoms with E-state index in [0.717, 1.165) is 18.2 Å². The number of esters is 1. The lowest BCUT2D eigenvalue weighted by Crippen LogP contribution is -2.06. The van der Waals surface area contributed by atoms with Crippen molar-refractivity contribution in [1.82, 2.24) is 4.98 Å². The highest BCUT2D eigenvalue weighted by atomic mass is 19.1. The molecule has 0 atom stereocenters. The summed E-state index contributed by atoms with van der Waals surface area (Å²) < 4.78 is 30.9. The van der Waals surface area contributed by atoms with Crippen molar-refractivity contribution in [2.45, 2.75) is 6.92 Å². The maximum absolute atomic E-state index is 13.0. The number of nitrogens with zero attached hydrogens (tertiary/aromatic N) is 1. The number of nitrogens with one attached hydrogen (secondary N) is 1. The third-order valence-corrected chi connectivity index (χ3v) is 2.40. The highest BCUT2D eigenvalue weighted by molar-refractivity contribution is 5.87. The lowest BCUT2D eigenvalue weighted by molar-refractivity contribution is 0.0519. The zero-order valence-electron chi connectivity index (χ0n) is 10.7. The number of pyridine rings is 1. The predicted octanol–water partition coefficient (Wildman–Crippen LogP) is 3.28. The molecule has 0 unspecified atom stereocenters. The Labute approximate surface area is 114 Å². The van der Waals surface area contributed by atoms with Crippen LogP contribution in [0.15, 0.2) is 36.5 Å². The maximum Gasteiger partial charge on any atom is 0.356 e. The van der Waals surface area contributed by atoms with Crippen molar-refractivity contribution < 1.29 is 18.3 Å². The van der Waals surface area contributed by atoms with Crippen LogP contribution in [0.2, 0.25) is 0 Å². The summed E-state index contributed by atoms with van der Waals surface area (Å²) in [7, 11) is 0. The summed E-state index contributed by atoms with van der Waals surface area (Å²) in [4.78, 5) is 15.3. The molecule has 0 aliphatic heterocycles. The van der Waals surface area contributed by atoms with Crippen LogP contribution in [0.4, 0.5) is 20.2 Å². The maximum atomic E-state index is 13.0. The van der Waals surface area contributed by atoms with Crippen molar-refractivity contribution in [2.75, 3.05) is 11.9 Å². The second kappa shape index (κ2) is 6.10. The molecule has 0 saturated carbocycles. The van der Waals surface area contributed by atoms with Gasteiger partial charge in [0.2, 0.25) is 0 Å². The van der Waals surface area contributed by atoms with Gasteiger partial charge in [-0.25, -0.2) is 18.6 Å². The Hall–Kier alpha value is -2.50. The van der Waals surface area contributed by atoms with E-state index < -0.39 is 17.6 Å². The number of hydrogen-bond acceptors (Lipinski definition) is 4. The molecule has 1 N–H and O–H groups in total. The third kappa shape index (κ3) is 3.50. The molecule has 2 rings (SSSR count). The molecule has 104 valence electrons. The van der Waals surface area contributed by atoms with Crippen molar-refractivity contribution >= 4 is 17.3 Å². The molecule has 1 aromatic heterocycles. The average molecular weight is 278 g/mol. The summed E-state index contributed by atoms with van der Waals surface area (Å²) in [5.74, 6) is -1.87. The van der Waals surface area contributed by atoms with Gasteiger partial charge in [-0.3, -0.25) is 0 Å². The van der Waals surface area contributed by atoms with E-state index in [4.69, 9.17) is 4.74 Å².